The highest BCUT2D eigenvalue weighted by atomic mass is 16.2. The van der Waals surface area contributed by atoms with Gasteiger partial charge in [-0.05, 0) is 25.0 Å². The summed E-state index contributed by atoms with van der Waals surface area (Å²) in [6, 6.07) is 6.92. The van der Waals surface area contributed by atoms with Crippen LogP contribution in [0.4, 0.5) is 5.69 Å². The van der Waals surface area contributed by atoms with Crippen LogP contribution in [0.25, 0.3) is 0 Å². The van der Waals surface area contributed by atoms with E-state index in [-0.39, 0.29) is 30.1 Å². The van der Waals surface area contributed by atoms with Crippen LogP contribution < -0.4 is 10.6 Å². The maximum absolute atomic E-state index is 12.4. The van der Waals surface area contributed by atoms with E-state index in [9.17, 15) is 14.4 Å². The molecular formula is C18H25N3O3. The molecule has 1 heterocycles. The van der Waals surface area contributed by atoms with Gasteiger partial charge in [0.2, 0.25) is 11.8 Å². The molecule has 3 amide bonds. The Morgan fingerprint density at radius 3 is 2.62 bits per heavy atom. The molecule has 1 fully saturated rings. The van der Waals surface area contributed by atoms with Crippen LogP contribution in [0.2, 0.25) is 0 Å². The fourth-order valence-corrected chi connectivity index (χ4v) is 2.67. The van der Waals surface area contributed by atoms with Gasteiger partial charge in [0.25, 0.3) is 5.91 Å². The molecule has 1 aromatic carbocycles. The molecule has 2 N–H and O–H groups in total. The normalized spacial score (nSPS) is 17.2. The lowest BCUT2D eigenvalue weighted by molar-refractivity contribution is -0.128. The molecule has 1 atom stereocenters. The minimum absolute atomic E-state index is 0.000566. The summed E-state index contributed by atoms with van der Waals surface area (Å²) in [6.45, 7) is 7.55. The van der Waals surface area contributed by atoms with Crippen LogP contribution in [0.5, 0.6) is 0 Å². The van der Waals surface area contributed by atoms with E-state index < -0.39 is 0 Å². The van der Waals surface area contributed by atoms with Crippen molar-refractivity contribution in [3.8, 4) is 0 Å². The van der Waals surface area contributed by atoms with Gasteiger partial charge in [0.05, 0.1) is 17.2 Å². The fourth-order valence-electron chi connectivity index (χ4n) is 2.67. The zero-order valence-corrected chi connectivity index (χ0v) is 14.5. The predicted octanol–water partition coefficient (Wildman–Crippen LogP) is 1.88. The van der Waals surface area contributed by atoms with Crippen LogP contribution in [0, 0.1) is 11.8 Å². The summed E-state index contributed by atoms with van der Waals surface area (Å²) in [5.41, 5.74) is 0.911. The van der Waals surface area contributed by atoms with E-state index in [0.717, 1.165) is 0 Å². The second kappa shape index (κ2) is 7.95. The topological polar surface area (TPSA) is 78.5 Å². The summed E-state index contributed by atoms with van der Waals surface area (Å²) in [5.74, 6) is -0.453. The van der Waals surface area contributed by atoms with Crippen molar-refractivity contribution >= 4 is 23.4 Å². The Balaban J connectivity index is 2.06. The van der Waals surface area contributed by atoms with Crippen molar-refractivity contribution in [3.63, 3.8) is 0 Å². The molecule has 2 rings (SSSR count). The van der Waals surface area contributed by atoms with Crippen LogP contribution in [0.1, 0.15) is 37.6 Å². The van der Waals surface area contributed by atoms with Gasteiger partial charge in [-0.1, -0.05) is 26.0 Å². The second-order valence-electron chi connectivity index (χ2n) is 6.47. The molecule has 0 spiro atoms. The number of carbonyl (C=O) groups excluding carboxylic acids is 3. The van der Waals surface area contributed by atoms with Crippen LogP contribution in [0.15, 0.2) is 24.3 Å². The molecule has 1 aliphatic rings. The molecule has 0 aliphatic carbocycles. The Hall–Kier alpha value is -2.37. The van der Waals surface area contributed by atoms with E-state index in [2.05, 4.69) is 10.6 Å². The zero-order chi connectivity index (χ0) is 17.7. The molecule has 1 aromatic rings. The number of likely N-dealkylation sites (tertiary alicyclic amines) is 1. The van der Waals surface area contributed by atoms with E-state index in [0.29, 0.717) is 36.8 Å². The van der Waals surface area contributed by atoms with Gasteiger partial charge in [-0.2, -0.15) is 0 Å². The van der Waals surface area contributed by atoms with Crippen molar-refractivity contribution in [3.05, 3.63) is 29.8 Å². The molecule has 6 heteroatoms. The number of hydrogen-bond donors (Lipinski definition) is 2. The number of benzene rings is 1. The second-order valence-corrected chi connectivity index (χ2v) is 6.47. The molecule has 1 aliphatic heterocycles. The van der Waals surface area contributed by atoms with E-state index in [4.69, 9.17) is 0 Å². The molecule has 24 heavy (non-hydrogen) atoms. The summed E-state index contributed by atoms with van der Waals surface area (Å²) in [7, 11) is 0. The van der Waals surface area contributed by atoms with Gasteiger partial charge in [-0.3, -0.25) is 14.4 Å². The lowest BCUT2D eigenvalue weighted by Crippen LogP contribution is -2.30. The van der Waals surface area contributed by atoms with Gasteiger partial charge in [0.1, 0.15) is 0 Å². The van der Waals surface area contributed by atoms with E-state index >= 15 is 0 Å². The lowest BCUT2D eigenvalue weighted by Gasteiger charge is -2.15. The van der Waals surface area contributed by atoms with Crippen molar-refractivity contribution in [2.24, 2.45) is 11.8 Å². The maximum Gasteiger partial charge on any atom is 0.253 e. The van der Waals surface area contributed by atoms with Gasteiger partial charge in [-0.25, -0.2) is 0 Å². The number of rotatable bonds is 6. The van der Waals surface area contributed by atoms with Crippen molar-refractivity contribution < 1.29 is 14.4 Å². The molecule has 6 nitrogen and oxygen atoms in total. The third kappa shape index (κ3) is 4.34. The summed E-state index contributed by atoms with van der Waals surface area (Å²) in [6.07, 6.45) is 0.224. The van der Waals surface area contributed by atoms with Crippen molar-refractivity contribution in [2.75, 3.05) is 25.0 Å². The predicted molar refractivity (Wildman–Crippen MR) is 92.6 cm³/mol. The minimum atomic E-state index is -0.371. The maximum atomic E-state index is 12.4. The van der Waals surface area contributed by atoms with Crippen LogP contribution >= 0.6 is 0 Å². The lowest BCUT2D eigenvalue weighted by atomic mass is 10.1. The minimum Gasteiger partial charge on any atom is -0.352 e. The van der Waals surface area contributed by atoms with Crippen molar-refractivity contribution in [1.82, 2.24) is 10.2 Å². The summed E-state index contributed by atoms with van der Waals surface area (Å²) < 4.78 is 0. The summed E-state index contributed by atoms with van der Waals surface area (Å²) >= 11 is 0. The quantitative estimate of drug-likeness (QED) is 0.835. The van der Waals surface area contributed by atoms with Crippen LogP contribution in [-0.4, -0.2) is 42.3 Å². The number of para-hydroxylation sites is 1. The highest BCUT2D eigenvalue weighted by Gasteiger charge is 2.33. The number of hydrogen-bond acceptors (Lipinski definition) is 3. The molecular weight excluding hydrogens is 306 g/mol. The molecule has 0 bridgehead atoms. The number of anilines is 1. The number of carbonyl (C=O) groups is 3. The number of amides is 3. The molecule has 1 unspecified atom stereocenters. The van der Waals surface area contributed by atoms with Crippen LogP contribution in [0.3, 0.4) is 0 Å². The third-order valence-corrected chi connectivity index (χ3v) is 4.07. The SMILES string of the molecule is CCN1CC(C(=O)Nc2ccccc2C(=O)NCC(C)C)CC1=O. The van der Waals surface area contributed by atoms with Crippen LogP contribution in [-0.2, 0) is 9.59 Å². The Bertz CT molecular complexity index is 628. The molecule has 130 valence electrons. The smallest absolute Gasteiger partial charge is 0.253 e. The van der Waals surface area contributed by atoms with Gasteiger partial charge >= 0.3 is 0 Å². The first-order valence-electron chi connectivity index (χ1n) is 8.38. The zero-order valence-electron chi connectivity index (χ0n) is 14.5. The first kappa shape index (κ1) is 18.0. The van der Waals surface area contributed by atoms with E-state index in [1.54, 1.807) is 29.2 Å². The number of nitrogens with one attached hydrogen (secondary N) is 2. The highest BCUT2D eigenvalue weighted by Crippen LogP contribution is 2.21. The standard InChI is InChI=1S/C18H25N3O3/c1-4-21-11-13(9-16(21)22)17(23)20-15-8-6-5-7-14(15)18(24)19-10-12(2)3/h5-8,12-13H,4,9-11H2,1-3H3,(H,19,24)(H,20,23). The van der Waals surface area contributed by atoms with Crippen molar-refractivity contribution in [1.29, 1.82) is 0 Å². The fraction of sp³-hybridized carbons (Fsp3) is 0.500. The van der Waals surface area contributed by atoms with E-state index in [1.807, 2.05) is 20.8 Å². The monoisotopic (exact) mass is 331 g/mol. The first-order chi connectivity index (χ1) is 11.4. The van der Waals surface area contributed by atoms with Gasteiger partial charge in [0, 0.05) is 26.1 Å². The highest BCUT2D eigenvalue weighted by molar-refractivity contribution is 6.05. The first-order valence-corrected chi connectivity index (χ1v) is 8.38. The van der Waals surface area contributed by atoms with Gasteiger partial charge in [0.15, 0.2) is 0 Å². The average molecular weight is 331 g/mol. The molecule has 0 aromatic heterocycles. The van der Waals surface area contributed by atoms with E-state index in [1.165, 1.54) is 0 Å². The molecule has 0 saturated carbocycles. The average Bonchev–Trinajstić information content (AvgIpc) is 2.94. The van der Waals surface area contributed by atoms with Gasteiger partial charge < -0.3 is 15.5 Å². The summed E-state index contributed by atoms with van der Waals surface area (Å²) in [4.78, 5) is 38.2. The molecule has 0 radical (unpaired) electrons. The number of nitrogens with zero attached hydrogens (tertiary/aromatic N) is 1. The Morgan fingerprint density at radius 1 is 1.29 bits per heavy atom. The largest absolute Gasteiger partial charge is 0.352 e. The Kier molecular flexibility index (Phi) is 5.95. The van der Waals surface area contributed by atoms with Gasteiger partial charge in [-0.15, -0.1) is 0 Å². The Labute approximate surface area is 142 Å². The Morgan fingerprint density at radius 2 is 2.00 bits per heavy atom. The third-order valence-electron chi connectivity index (χ3n) is 4.07. The van der Waals surface area contributed by atoms with Crippen molar-refractivity contribution in [2.45, 2.75) is 27.2 Å². The summed E-state index contributed by atoms with van der Waals surface area (Å²) in [5, 5.41) is 5.66. The molecule has 1 saturated heterocycles.